The van der Waals surface area contributed by atoms with Gasteiger partial charge in [0, 0.05) is 31.2 Å². The lowest BCUT2D eigenvalue weighted by atomic mass is 9.82. The maximum absolute atomic E-state index is 6.18. The molecule has 0 saturated carbocycles. The Morgan fingerprint density at radius 2 is 1.76 bits per heavy atom. The number of hydrogen-bond acceptors (Lipinski definition) is 5. The molecule has 1 fully saturated rings. The highest BCUT2D eigenvalue weighted by Crippen LogP contribution is 2.29. The zero-order chi connectivity index (χ0) is 18.8. The summed E-state index contributed by atoms with van der Waals surface area (Å²) in [6.07, 6.45) is 1.50. The van der Waals surface area contributed by atoms with Gasteiger partial charge in [0.05, 0.1) is 17.9 Å². The Hall–Kier alpha value is -0.910. The Labute approximate surface area is 157 Å². The summed E-state index contributed by atoms with van der Waals surface area (Å²) < 4.78 is 5.80. The fraction of sp³-hybridized carbons (Fsp3) is 0.789. The fourth-order valence-corrected chi connectivity index (χ4v) is 4.17. The van der Waals surface area contributed by atoms with Crippen molar-refractivity contribution in [1.82, 2.24) is 14.9 Å². The summed E-state index contributed by atoms with van der Waals surface area (Å²) in [4.78, 5) is 11.1. The smallest absolute Gasteiger partial charge is 0.224 e. The zero-order valence-corrected chi connectivity index (χ0v) is 17.4. The molecular weight excluding hydrogens is 336 g/mol. The first-order valence-electron chi connectivity index (χ1n) is 9.11. The predicted octanol–water partition coefficient (Wildman–Crippen LogP) is 4.37. The van der Waals surface area contributed by atoms with Crippen LogP contribution in [0.15, 0.2) is 6.07 Å². The van der Waals surface area contributed by atoms with Gasteiger partial charge in [-0.1, -0.05) is 20.8 Å². The number of ether oxygens (including phenoxy) is 1. The van der Waals surface area contributed by atoms with E-state index in [0.717, 1.165) is 37.6 Å². The molecule has 1 aliphatic heterocycles. The topological polar surface area (TPSA) is 50.3 Å². The van der Waals surface area contributed by atoms with Crippen LogP contribution < -0.4 is 5.32 Å². The van der Waals surface area contributed by atoms with Gasteiger partial charge in [-0.3, -0.25) is 4.90 Å². The van der Waals surface area contributed by atoms with E-state index in [0.29, 0.717) is 5.28 Å². The van der Waals surface area contributed by atoms with Crippen LogP contribution in [0.1, 0.15) is 60.6 Å². The summed E-state index contributed by atoms with van der Waals surface area (Å²) in [6.45, 7) is 17.9. The third-order valence-corrected chi connectivity index (χ3v) is 4.24. The molecule has 0 amide bonds. The summed E-state index contributed by atoms with van der Waals surface area (Å²) in [5, 5.41) is 3.82. The first-order valence-corrected chi connectivity index (χ1v) is 9.49. The molecule has 142 valence electrons. The normalized spacial score (nSPS) is 22.9. The summed E-state index contributed by atoms with van der Waals surface area (Å²) in [5.74, 6) is 0.790. The highest BCUT2D eigenvalue weighted by molar-refractivity contribution is 6.28. The molecule has 1 aromatic rings. The van der Waals surface area contributed by atoms with E-state index >= 15 is 0 Å². The number of aromatic nitrogens is 2. The standard InChI is InChI=1S/C19H33ClN4O/c1-13-9-24(10-14(2)25-13)11-15-8-16(22-17(20)21-15)23-19(6,7)12-18(3,4)5/h8,13-14H,9-12H2,1-7H3,(H,21,22,23). The number of nitrogens with zero attached hydrogens (tertiary/aromatic N) is 3. The van der Waals surface area contributed by atoms with E-state index in [2.05, 4.69) is 68.7 Å². The molecule has 2 rings (SSSR count). The van der Waals surface area contributed by atoms with Crippen LogP contribution in [0.4, 0.5) is 5.82 Å². The lowest BCUT2D eigenvalue weighted by molar-refractivity contribution is -0.0707. The van der Waals surface area contributed by atoms with Crippen LogP contribution in [0.5, 0.6) is 0 Å². The van der Waals surface area contributed by atoms with Gasteiger partial charge < -0.3 is 10.1 Å². The first-order chi connectivity index (χ1) is 11.4. The minimum atomic E-state index is -0.0742. The molecule has 25 heavy (non-hydrogen) atoms. The Morgan fingerprint density at radius 3 is 2.32 bits per heavy atom. The lowest BCUT2D eigenvalue weighted by Gasteiger charge is -2.35. The van der Waals surface area contributed by atoms with Gasteiger partial charge in [0.25, 0.3) is 0 Å². The number of halogens is 1. The van der Waals surface area contributed by atoms with Gasteiger partial charge in [-0.05, 0) is 51.1 Å². The predicted molar refractivity (Wildman–Crippen MR) is 104 cm³/mol. The summed E-state index contributed by atoms with van der Waals surface area (Å²) in [6, 6.07) is 2.01. The van der Waals surface area contributed by atoms with E-state index in [1.54, 1.807) is 0 Å². The van der Waals surface area contributed by atoms with Crippen molar-refractivity contribution in [3.05, 3.63) is 17.0 Å². The minimum absolute atomic E-state index is 0.0742. The van der Waals surface area contributed by atoms with Gasteiger partial charge in [-0.25, -0.2) is 9.97 Å². The van der Waals surface area contributed by atoms with Crippen molar-refractivity contribution in [3.8, 4) is 0 Å². The highest BCUT2D eigenvalue weighted by atomic mass is 35.5. The first kappa shape index (κ1) is 20.4. The molecule has 1 N–H and O–H groups in total. The van der Waals surface area contributed by atoms with Gasteiger partial charge >= 0.3 is 0 Å². The van der Waals surface area contributed by atoms with E-state index in [4.69, 9.17) is 16.3 Å². The Kier molecular flexibility index (Phi) is 6.34. The number of rotatable bonds is 5. The summed E-state index contributed by atoms with van der Waals surface area (Å²) in [7, 11) is 0. The number of anilines is 1. The third kappa shape index (κ3) is 7.08. The average molecular weight is 369 g/mol. The molecule has 5 nitrogen and oxygen atoms in total. The van der Waals surface area contributed by atoms with Crippen molar-refractivity contribution in [3.63, 3.8) is 0 Å². The molecule has 0 aliphatic carbocycles. The molecular formula is C19H33ClN4O. The van der Waals surface area contributed by atoms with Crippen molar-refractivity contribution < 1.29 is 4.74 Å². The second-order valence-corrected chi connectivity index (χ2v) is 9.55. The number of nitrogens with one attached hydrogen (secondary N) is 1. The fourth-order valence-electron chi connectivity index (χ4n) is 3.97. The zero-order valence-electron chi connectivity index (χ0n) is 16.7. The minimum Gasteiger partial charge on any atom is -0.373 e. The molecule has 6 heteroatoms. The van der Waals surface area contributed by atoms with Crippen molar-refractivity contribution in [1.29, 1.82) is 0 Å². The average Bonchev–Trinajstić information content (AvgIpc) is 2.31. The van der Waals surface area contributed by atoms with Crippen LogP contribution in [0.3, 0.4) is 0 Å². The maximum atomic E-state index is 6.18. The van der Waals surface area contributed by atoms with Gasteiger partial charge in [-0.15, -0.1) is 0 Å². The second kappa shape index (κ2) is 7.77. The van der Waals surface area contributed by atoms with Crippen molar-refractivity contribution in [2.24, 2.45) is 5.41 Å². The van der Waals surface area contributed by atoms with Gasteiger partial charge in [0.2, 0.25) is 5.28 Å². The van der Waals surface area contributed by atoms with Crippen LogP contribution in [0.25, 0.3) is 0 Å². The molecule has 0 radical (unpaired) electrons. The van der Waals surface area contributed by atoms with E-state index in [1.807, 2.05) is 6.07 Å². The molecule has 1 saturated heterocycles. The van der Waals surface area contributed by atoms with Crippen LogP contribution in [-0.2, 0) is 11.3 Å². The Bertz CT molecular complexity index is 575. The van der Waals surface area contributed by atoms with E-state index in [-0.39, 0.29) is 23.2 Å². The monoisotopic (exact) mass is 368 g/mol. The molecule has 1 aromatic heterocycles. The van der Waals surface area contributed by atoms with Crippen LogP contribution in [0, 0.1) is 5.41 Å². The molecule has 2 unspecified atom stereocenters. The van der Waals surface area contributed by atoms with Crippen molar-refractivity contribution in [2.45, 2.75) is 79.2 Å². The Balaban J connectivity index is 2.09. The van der Waals surface area contributed by atoms with E-state index in [9.17, 15) is 0 Å². The molecule has 0 spiro atoms. The molecule has 2 heterocycles. The van der Waals surface area contributed by atoms with Crippen LogP contribution >= 0.6 is 11.6 Å². The molecule has 0 aromatic carbocycles. The van der Waals surface area contributed by atoms with Crippen LogP contribution in [-0.4, -0.2) is 45.7 Å². The van der Waals surface area contributed by atoms with Gasteiger partial charge in [0.1, 0.15) is 5.82 Å². The van der Waals surface area contributed by atoms with Crippen LogP contribution in [0.2, 0.25) is 5.28 Å². The molecule has 1 aliphatic rings. The Morgan fingerprint density at radius 1 is 1.16 bits per heavy atom. The molecule has 0 bridgehead atoms. The second-order valence-electron chi connectivity index (χ2n) is 9.21. The lowest BCUT2D eigenvalue weighted by Crippen LogP contribution is -2.45. The van der Waals surface area contributed by atoms with Gasteiger partial charge in [0.15, 0.2) is 0 Å². The number of hydrogen-bond donors (Lipinski definition) is 1. The van der Waals surface area contributed by atoms with Crippen molar-refractivity contribution in [2.75, 3.05) is 18.4 Å². The van der Waals surface area contributed by atoms with Gasteiger partial charge in [-0.2, -0.15) is 0 Å². The third-order valence-electron chi connectivity index (χ3n) is 4.07. The SMILES string of the molecule is CC1CN(Cc2cc(NC(C)(C)CC(C)(C)C)nc(Cl)n2)CC(C)O1. The maximum Gasteiger partial charge on any atom is 0.224 e. The summed E-state index contributed by atoms with van der Waals surface area (Å²) >= 11 is 6.18. The highest BCUT2D eigenvalue weighted by Gasteiger charge is 2.26. The number of morpholine rings is 1. The molecule has 2 atom stereocenters. The van der Waals surface area contributed by atoms with Crippen molar-refractivity contribution >= 4 is 17.4 Å². The largest absolute Gasteiger partial charge is 0.373 e. The quantitative estimate of drug-likeness (QED) is 0.782. The van der Waals surface area contributed by atoms with E-state index < -0.39 is 0 Å². The van der Waals surface area contributed by atoms with E-state index in [1.165, 1.54) is 0 Å². The summed E-state index contributed by atoms with van der Waals surface area (Å²) in [5.41, 5.74) is 1.10.